The van der Waals surface area contributed by atoms with Crippen molar-refractivity contribution in [3.8, 4) is 0 Å². The van der Waals surface area contributed by atoms with Crippen molar-refractivity contribution in [1.82, 2.24) is 5.32 Å². The van der Waals surface area contributed by atoms with Crippen molar-refractivity contribution in [3.63, 3.8) is 0 Å². The van der Waals surface area contributed by atoms with Crippen molar-refractivity contribution in [3.05, 3.63) is 35.9 Å². The summed E-state index contributed by atoms with van der Waals surface area (Å²) in [6.07, 6.45) is 0. The number of benzene rings is 1. The maximum absolute atomic E-state index is 3.64. The average molecular weight is 251 g/mol. The first kappa shape index (κ1) is 14.6. The molecular weight excluding hydrogens is 226 g/mol. The lowest BCUT2D eigenvalue weighted by atomic mass is 9.96. The Morgan fingerprint density at radius 2 is 1.76 bits per heavy atom. The van der Waals surface area contributed by atoms with Crippen LogP contribution in [-0.4, -0.2) is 17.5 Å². The first-order valence-corrected chi connectivity index (χ1v) is 7.65. The van der Waals surface area contributed by atoms with E-state index in [0.29, 0.717) is 17.2 Å². The smallest absolute Gasteiger partial charge is 0.0442 e. The summed E-state index contributed by atoms with van der Waals surface area (Å²) in [6.45, 7) is 10.1. The highest BCUT2D eigenvalue weighted by atomic mass is 32.2. The van der Waals surface area contributed by atoms with Gasteiger partial charge in [-0.15, -0.1) is 0 Å². The van der Waals surface area contributed by atoms with E-state index in [1.54, 1.807) is 0 Å². The monoisotopic (exact) mass is 251 g/mol. The van der Waals surface area contributed by atoms with Crippen LogP contribution in [0, 0.1) is 5.92 Å². The Kier molecular flexibility index (Phi) is 6.68. The van der Waals surface area contributed by atoms with E-state index in [0.717, 1.165) is 6.54 Å². The van der Waals surface area contributed by atoms with E-state index >= 15 is 0 Å². The molecule has 1 aromatic rings. The molecule has 17 heavy (non-hydrogen) atoms. The maximum Gasteiger partial charge on any atom is 0.0442 e. The van der Waals surface area contributed by atoms with Gasteiger partial charge >= 0.3 is 0 Å². The van der Waals surface area contributed by atoms with E-state index in [1.165, 1.54) is 11.3 Å². The van der Waals surface area contributed by atoms with Gasteiger partial charge in [0.15, 0.2) is 0 Å². The van der Waals surface area contributed by atoms with Crippen LogP contribution in [0.4, 0.5) is 0 Å². The molecule has 2 atom stereocenters. The molecule has 0 spiro atoms. The SMILES string of the molecule is CCNC(c1ccccc1)C(SCC)C(C)C. The molecule has 0 aromatic heterocycles. The van der Waals surface area contributed by atoms with Crippen LogP contribution < -0.4 is 5.32 Å². The Balaban J connectivity index is 2.89. The second-order valence-corrected chi connectivity index (χ2v) is 6.07. The molecule has 96 valence electrons. The van der Waals surface area contributed by atoms with E-state index in [2.05, 4.69) is 75.1 Å². The molecule has 0 heterocycles. The summed E-state index contributed by atoms with van der Waals surface area (Å²) in [6, 6.07) is 11.3. The molecule has 1 rings (SSSR count). The van der Waals surface area contributed by atoms with E-state index < -0.39 is 0 Å². The van der Waals surface area contributed by atoms with Crippen molar-refractivity contribution < 1.29 is 0 Å². The molecule has 0 aliphatic heterocycles. The van der Waals surface area contributed by atoms with Crippen LogP contribution in [-0.2, 0) is 0 Å². The molecule has 1 nitrogen and oxygen atoms in total. The van der Waals surface area contributed by atoms with Crippen molar-refractivity contribution >= 4 is 11.8 Å². The zero-order valence-corrected chi connectivity index (χ0v) is 12.3. The predicted octanol–water partition coefficient (Wildman–Crippen LogP) is 4.11. The molecule has 0 radical (unpaired) electrons. The van der Waals surface area contributed by atoms with Gasteiger partial charge < -0.3 is 5.32 Å². The van der Waals surface area contributed by atoms with Crippen LogP contribution in [0.1, 0.15) is 39.3 Å². The maximum atomic E-state index is 3.64. The zero-order chi connectivity index (χ0) is 12.7. The van der Waals surface area contributed by atoms with E-state index in [4.69, 9.17) is 0 Å². The average Bonchev–Trinajstić information content (AvgIpc) is 2.34. The first-order chi connectivity index (χ1) is 8.20. The second-order valence-electron chi connectivity index (χ2n) is 4.61. The van der Waals surface area contributed by atoms with E-state index in [9.17, 15) is 0 Å². The number of hydrogen-bond acceptors (Lipinski definition) is 2. The molecule has 1 aromatic carbocycles. The Morgan fingerprint density at radius 1 is 1.12 bits per heavy atom. The van der Waals surface area contributed by atoms with Gasteiger partial charge in [-0.25, -0.2) is 0 Å². The summed E-state index contributed by atoms with van der Waals surface area (Å²) in [5.41, 5.74) is 1.41. The molecule has 1 N–H and O–H groups in total. The van der Waals surface area contributed by atoms with E-state index in [-0.39, 0.29) is 0 Å². The second kappa shape index (κ2) is 7.78. The van der Waals surface area contributed by atoms with E-state index in [1.807, 2.05) is 0 Å². The van der Waals surface area contributed by atoms with Crippen LogP contribution in [0.25, 0.3) is 0 Å². The van der Waals surface area contributed by atoms with Crippen LogP contribution in [0.5, 0.6) is 0 Å². The Bertz CT molecular complexity index is 297. The number of hydrogen-bond donors (Lipinski definition) is 1. The summed E-state index contributed by atoms with van der Waals surface area (Å²) in [5, 5.41) is 4.29. The van der Waals surface area contributed by atoms with Gasteiger partial charge in [-0.05, 0) is 23.8 Å². The number of nitrogens with one attached hydrogen (secondary N) is 1. The lowest BCUT2D eigenvalue weighted by Gasteiger charge is -2.30. The summed E-state index contributed by atoms with van der Waals surface area (Å²) < 4.78 is 0. The standard InChI is InChI=1S/C15H25NS/c1-5-16-14(13-10-8-7-9-11-13)15(12(3)4)17-6-2/h7-12,14-16H,5-6H2,1-4H3. The highest BCUT2D eigenvalue weighted by Crippen LogP contribution is 2.31. The Hall–Kier alpha value is -0.470. The molecule has 0 bridgehead atoms. The first-order valence-electron chi connectivity index (χ1n) is 6.60. The highest BCUT2D eigenvalue weighted by molar-refractivity contribution is 7.99. The Morgan fingerprint density at radius 3 is 2.24 bits per heavy atom. The fourth-order valence-corrected chi connectivity index (χ4v) is 3.39. The fraction of sp³-hybridized carbons (Fsp3) is 0.600. The normalized spacial score (nSPS) is 14.9. The lowest BCUT2D eigenvalue weighted by Crippen LogP contribution is -2.33. The van der Waals surface area contributed by atoms with Crippen molar-refractivity contribution in [2.45, 2.75) is 39.0 Å². The largest absolute Gasteiger partial charge is 0.309 e. The van der Waals surface area contributed by atoms with Crippen molar-refractivity contribution in [1.29, 1.82) is 0 Å². The van der Waals surface area contributed by atoms with Gasteiger partial charge in [0.2, 0.25) is 0 Å². The molecule has 0 amide bonds. The predicted molar refractivity (Wildman–Crippen MR) is 79.6 cm³/mol. The van der Waals surface area contributed by atoms with Gasteiger partial charge in [0, 0.05) is 11.3 Å². The third kappa shape index (κ3) is 4.36. The fourth-order valence-electron chi connectivity index (χ4n) is 2.17. The minimum absolute atomic E-state index is 0.464. The molecule has 0 aliphatic rings. The third-order valence-electron chi connectivity index (χ3n) is 2.93. The molecule has 0 fully saturated rings. The topological polar surface area (TPSA) is 12.0 Å². The van der Waals surface area contributed by atoms with Gasteiger partial charge in [0.1, 0.15) is 0 Å². The highest BCUT2D eigenvalue weighted by Gasteiger charge is 2.24. The molecule has 2 unspecified atom stereocenters. The van der Waals surface area contributed by atoms with Crippen molar-refractivity contribution in [2.75, 3.05) is 12.3 Å². The quantitative estimate of drug-likeness (QED) is 0.782. The molecule has 0 saturated heterocycles. The molecular formula is C15H25NS. The van der Waals surface area contributed by atoms with Crippen LogP contribution >= 0.6 is 11.8 Å². The molecule has 0 aliphatic carbocycles. The lowest BCUT2D eigenvalue weighted by molar-refractivity contribution is 0.453. The van der Waals surface area contributed by atoms with Gasteiger partial charge in [-0.2, -0.15) is 11.8 Å². The summed E-state index contributed by atoms with van der Waals surface area (Å²) in [4.78, 5) is 0. The number of thioether (sulfide) groups is 1. The zero-order valence-electron chi connectivity index (χ0n) is 11.4. The Labute approximate surface area is 110 Å². The van der Waals surface area contributed by atoms with Gasteiger partial charge in [0.25, 0.3) is 0 Å². The minimum atomic E-state index is 0.464. The van der Waals surface area contributed by atoms with Crippen LogP contribution in [0.15, 0.2) is 30.3 Å². The molecule has 0 saturated carbocycles. The summed E-state index contributed by atoms with van der Waals surface area (Å²) >= 11 is 2.06. The minimum Gasteiger partial charge on any atom is -0.309 e. The summed E-state index contributed by atoms with van der Waals surface area (Å²) in [5.74, 6) is 1.86. The van der Waals surface area contributed by atoms with Crippen LogP contribution in [0.2, 0.25) is 0 Å². The third-order valence-corrected chi connectivity index (χ3v) is 4.46. The van der Waals surface area contributed by atoms with Gasteiger partial charge in [-0.1, -0.05) is 58.0 Å². The van der Waals surface area contributed by atoms with Crippen molar-refractivity contribution in [2.24, 2.45) is 5.92 Å². The number of rotatable bonds is 7. The van der Waals surface area contributed by atoms with Gasteiger partial charge in [-0.3, -0.25) is 0 Å². The van der Waals surface area contributed by atoms with Crippen LogP contribution in [0.3, 0.4) is 0 Å². The molecule has 2 heteroatoms. The van der Waals surface area contributed by atoms with Gasteiger partial charge in [0.05, 0.1) is 0 Å². The summed E-state index contributed by atoms with van der Waals surface area (Å²) in [7, 11) is 0.